The molecular weight excluding hydrogens is 250 g/mol. The molecule has 2 rings (SSSR count). The van der Waals surface area contributed by atoms with Crippen LogP contribution in [0, 0.1) is 5.41 Å². The molecule has 1 amide bonds. The minimum absolute atomic E-state index is 0.0539. The maximum absolute atomic E-state index is 12.2. The van der Waals surface area contributed by atoms with E-state index in [0.29, 0.717) is 12.2 Å². The Hall–Kier alpha value is -2.10. The first-order chi connectivity index (χ1) is 9.40. The van der Waals surface area contributed by atoms with Crippen LogP contribution in [0.4, 0.5) is 5.69 Å². The van der Waals surface area contributed by atoms with Gasteiger partial charge in [0.2, 0.25) is 0 Å². The SMILES string of the molecule is CNc1cc(C(=O)NCC(C)(C)C)nc2ccccc12. The number of nitrogens with zero attached hydrogens (tertiary/aromatic N) is 1. The Kier molecular flexibility index (Phi) is 3.93. The average molecular weight is 271 g/mol. The fourth-order valence-corrected chi connectivity index (χ4v) is 1.93. The van der Waals surface area contributed by atoms with E-state index in [-0.39, 0.29) is 11.3 Å². The zero-order valence-corrected chi connectivity index (χ0v) is 12.4. The molecule has 0 radical (unpaired) electrons. The Morgan fingerprint density at radius 1 is 1.25 bits per heavy atom. The third kappa shape index (κ3) is 3.26. The number of nitrogens with one attached hydrogen (secondary N) is 2. The first-order valence-electron chi connectivity index (χ1n) is 6.76. The van der Waals surface area contributed by atoms with Gasteiger partial charge in [-0.3, -0.25) is 4.79 Å². The third-order valence-corrected chi connectivity index (χ3v) is 3.00. The lowest BCUT2D eigenvalue weighted by Crippen LogP contribution is -2.32. The predicted molar refractivity (Wildman–Crippen MR) is 83.1 cm³/mol. The predicted octanol–water partition coefficient (Wildman–Crippen LogP) is 3.05. The smallest absolute Gasteiger partial charge is 0.269 e. The van der Waals surface area contributed by atoms with E-state index < -0.39 is 0 Å². The Bertz CT molecular complexity index is 629. The Morgan fingerprint density at radius 3 is 2.60 bits per heavy atom. The summed E-state index contributed by atoms with van der Waals surface area (Å²) < 4.78 is 0. The summed E-state index contributed by atoms with van der Waals surface area (Å²) in [6.45, 7) is 6.87. The molecule has 2 aromatic rings. The van der Waals surface area contributed by atoms with Gasteiger partial charge < -0.3 is 10.6 Å². The van der Waals surface area contributed by atoms with Crippen LogP contribution >= 0.6 is 0 Å². The molecule has 0 saturated heterocycles. The van der Waals surface area contributed by atoms with Gasteiger partial charge in [0.25, 0.3) is 5.91 Å². The number of hydrogen-bond acceptors (Lipinski definition) is 3. The van der Waals surface area contributed by atoms with Crippen LogP contribution in [0.3, 0.4) is 0 Å². The second kappa shape index (κ2) is 5.49. The van der Waals surface area contributed by atoms with E-state index in [4.69, 9.17) is 0 Å². The van der Waals surface area contributed by atoms with E-state index >= 15 is 0 Å². The van der Waals surface area contributed by atoms with Crippen LogP contribution in [0.15, 0.2) is 30.3 Å². The summed E-state index contributed by atoms with van der Waals surface area (Å²) in [4.78, 5) is 16.6. The summed E-state index contributed by atoms with van der Waals surface area (Å²) in [6, 6.07) is 9.58. The van der Waals surface area contributed by atoms with Crippen LogP contribution < -0.4 is 10.6 Å². The van der Waals surface area contributed by atoms with Gasteiger partial charge in [0.05, 0.1) is 5.52 Å². The number of aromatic nitrogens is 1. The van der Waals surface area contributed by atoms with Crippen LogP contribution in [0.1, 0.15) is 31.3 Å². The van der Waals surface area contributed by atoms with Crippen LogP contribution in [0.5, 0.6) is 0 Å². The normalized spacial score (nSPS) is 11.4. The molecule has 0 saturated carbocycles. The highest BCUT2D eigenvalue weighted by Crippen LogP contribution is 2.22. The number of benzene rings is 1. The van der Waals surface area contributed by atoms with E-state index in [9.17, 15) is 4.79 Å². The van der Waals surface area contributed by atoms with Gasteiger partial charge in [0, 0.05) is 24.7 Å². The van der Waals surface area contributed by atoms with Crippen molar-refractivity contribution >= 4 is 22.5 Å². The van der Waals surface area contributed by atoms with E-state index in [1.54, 1.807) is 6.07 Å². The van der Waals surface area contributed by atoms with Gasteiger partial charge in [-0.25, -0.2) is 4.98 Å². The van der Waals surface area contributed by atoms with Gasteiger partial charge in [-0.1, -0.05) is 39.0 Å². The summed E-state index contributed by atoms with van der Waals surface area (Å²) in [7, 11) is 1.85. The number of amides is 1. The Balaban J connectivity index is 2.33. The zero-order chi connectivity index (χ0) is 14.8. The fourth-order valence-electron chi connectivity index (χ4n) is 1.93. The maximum Gasteiger partial charge on any atom is 0.269 e. The summed E-state index contributed by atoms with van der Waals surface area (Å²) >= 11 is 0. The molecule has 1 aromatic heterocycles. The average Bonchev–Trinajstić information content (AvgIpc) is 2.42. The molecule has 0 fully saturated rings. The van der Waals surface area contributed by atoms with Crippen molar-refractivity contribution in [1.82, 2.24) is 10.3 Å². The number of para-hydroxylation sites is 1. The third-order valence-electron chi connectivity index (χ3n) is 3.00. The lowest BCUT2D eigenvalue weighted by atomic mass is 9.97. The molecule has 0 atom stereocenters. The van der Waals surface area contributed by atoms with Crippen LogP contribution in [0.25, 0.3) is 10.9 Å². The van der Waals surface area contributed by atoms with E-state index in [0.717, 1.165) is 16.6 Å². The molecule has 0 aliphatic rings. The molecule has 1 heterocycles. The van der Waals surface area contributed by atoms with Crippen molar-refractivity contribution in [2.45, 2.75) is 20.8 Å². The van der Waals surface area contributed by atoms with Crippen LogP contribution in [-0.2, 0) is 0 Å². The van der Waals surface area contributed by atoms with Crippen molar-refractivity contribution in [2.24, 2.45) is 5.41 Å². The quantitative estimate of drug-likeness (QED) is 0.902. The topological polar surface area (TPSA) is 54.0 Å². The van der Waals surface area contributed by atoms with Crippen molar-refractivity contribution in [3.8, 4) is 0 Å². The number of carbonyl (C=O) groups is 1. The standard InChI is InChI=1S/C16H21N3O/c1-16(2,3)10-18-15(20)14-9-13(17-4)11-7-5-6-8-12(11)19-14/h5-9H,10H2,1-4H3,(H,17,19)(H,18,20). The highest BCUT2D eigenvalue weighted by molar-refractivity contribution is 5.99. The Morgan fingerprint density at radius 2 is 1.95 bits per heavy atom. The van der Waals surface area contributed by atoms with E-state index in [1.807, 2.05) is 31.3 Å². The van der Waals surface area contributed by atoms with Crippen molar-refractivity contribution in [1.29, 1.82) is 0 Å². The van der Waals surface area contributed by atoms with Gasteiger partial charge in [0.1, 0.15) is 5.69 Å². The fraction of sp³-hybridized carbons (Fsp3) is 0.375. The molecule has 0 spiro atoms. The molecule has 0 unspecified atom stereocenters. The number of pyridine rings is 1. The molecule has 2 N–H and O–H groups in total. The molecular formula is C16H21N3O. The minimum atomic E-state index is -0.137. The Labute approximate surface area is 119 Å². The lowest BCUT2D eigenvalue weighted by molar-refractivity contribution is 0.0934. The highest BCUT2D eigenvalue weighted by Gasteiger charge is 2.15. The maximum atomic E-state index is 12.2. The van der Waals surface area contributed by atoms with Gasteiger partial charge >= 0.3 is 0 Å². The molecule has 0 aliphatic carbocycles. The van der Waals surface area contributed by atoms with E-state index in [2.05, 4.69) is 36.4 Å². The van der Waals surface area contributed by atoms with Gasteiger partial charge in [-0.05, 0) is 17.5 Å². The second-order valence-electron chi connectivity index (χ2n) is 6.07. The molecule has 1 aromatic carbocycles. The molecule has 106 valence electrons. The van der Waals surface area contributed by atoms with Crippen molar-refractivity contribution < 1.29 is 4.79 Å². The summed E-state index contributed by atoms with van der Waals surface area (Å²) in [5.41, 5.74) is 2.23. The second-order valence-corrected chi connectivity index (χ2v) is 6.07. The largest absolute Gasteiger partial charge is 0.388 e. The summed E-state index contributed by atoms with van der Waals surface area (Å²) in [5.74, 6) is -0.137. The number of carbonyl (C=O) groups excluding carboxylic acids is 1. The molecule has 4 heteroatoms. The van der Waals surface area contributed by atoms with Gasteiger partial charge in [-0.2, -0.15) is 0 Å². The minimum Gasteiger partial charge on any atom is -0.388 e. The number of hydrogen-bond donors (Lipinski definition) is 2. The molecule has 0 aliphatic heterocycles. The number of fused-ring (bicyclic) bond motifs is 1. The van der Waals surface area contributed by atoms with Crippen LogP contribution in [-0.4, -0.2) is 24.5 Å². The number of rotatable bonds is 3. The molecule has 4 nitrogen and oxygen atoms in total. The van der Waals surface area contributed by atoms with Crippen molar-refractivity contribution in [3.05, 3.63) is 36.0 Å². The van der Waals surface area contributed by atoms with Crippen LogP contribution in [0.2, 0.25) is 0 Å². The number of anilines is 1. The monoisotopic (exact) mass is 271 g/mol. The summed E-state index contributed by atoms with van der Waals surface area (Å²) in [5, 5.41) is 7.06. The first-order valence-corrected chi connectivity index (χ1v) is 6.76. The van der Waals surface area contributed by atoms with Gasteiger partial charge in [0.15, 0.2) is 0 Å². The highest BCUT2D eigenvalue weighted by atomic mass is 16.1. The summed E-state index contributed by atoms with van der Waals surface area (Å²) in [6.07, 6.45) is 0. The van der Waals surface area contributed by atoms with E-state index in [1.165, 1.54) is 0 Å². The van der Waals surface area contributed by atoms with Gasteiger partial charge in [-0.15, -0.1) is 0 Å². The van der Waals surface area contributed by atoms with Crippen molar-refractivity contribution in [2.75, 3.05) is 18.9 Å². The molecule has 0 bridgehead atoms. The first kappa shape index (κ1) is 14.3. The lowest BCUT2D eigenvalue weighted by Gasteiger charge is -2.18. The zero-order valence-electron chi connectivity index (χ0n) is 12.4. The van der Waals surface area contributed by atoms with Crippen molar-refractivity contribution in [3.63, 3.8) is 0 Å². The molecule has 20 heavy (non-hydrogen) atoms.